The number of methoxy groups -OCH3 is 1. The number of aromatic nitrogens is 2. The number of carbonyl (C=O) groups is 1. The molecule has 8 nitrogen and oxygen atoms in total. The van der Waals surface area contributed by atoms with E-state index in [4.69, 9.17) is 18.7 Å². The van der Waals surface area contributed by atoms with Crippen molar-refractivity contribution in [1.29, 1.82) is 0 Å². The molecule has 5 rings (SSSR count). The summed E-state index contributed by atoms with van der Waals surface area (Å²) in [5.41, 5.74) is 1.53. The van der Waals surface area contributed by atoms with E-state index >= 15 is 0 Å². The van der Waals surface area contributed by atoms with Crippen LogP contribution in [-0.4, -0.2) is 34.4 Å². The van der Waals surface area contributed by atoms with Gasteiger partial charge in [0.1, 0.15) is 12.4 Å². The standard InChI is InChI=1S/C28H31FN2O6/c1-34-25-13-22(23(29)15-30-25)27-28(36-19-7-3-2-4-8-19)24(31-37-27)16-35-20-9-5-6-18(12-20)21(14-26(32)33)17-10-11-17/h5-6,9,12-13,15,17,19,21H,2-4,7-8,10-11,14,16H2,1H3,(H,32,33)/t21-/m0/s1. The highest BCUT2D eigenvalue weighted by molar-refractivity contribution is 5.68. The molecule has 0 amide bonds. The molecule has 0 saturated heterocycles. The van der Waals surface area contributed by atoms with Gasteiger partial charge in [0.05, 0.1) is 31.4 Å². The van der Waals surface area contributed by atoms with E-state index in [0.29, 0.717) is 23.1 Å². The van der Waals surface area contributed by atoms with Crippen molar-refractivity contribution in [3.63, 3.8) is 0 Å². The lowest BCUT2D eigenvalue weighted by Gasteiger charge is -2.23. The van der Waals surface area contributed by atoms with Crippen molar-refractivity contribution in [2.45, 2.75) is 70.0 Å². The Bertz CT molecular complexity index is 1240. The Morgan fingerprint density at radius 1 is 1.19 bits per heavy atom. The maximum atomic E-state index is 14.8. The number of halogens is 1. The molecule has 0 unspecified atom stereocenters. The fraction of sp³-hybridized carbons (Fsp3) is 0.464. The number of rotatable bonds is 11. The molecule has 2 fully saturated rings. The van der Waals surface area contributed by atoms with E-state index in [1.807, 2.05) is 24.3 Å². The first-order valence-corrected chi connectivity index (χ1v) is 12.8. The van der Waals surface area contributed by atoms with Crippen LogP contribution in [0.2, 0.25) is 0 Å². The van der Waals surface area contributed by atoms with Gasteiger partial charge < -0.3 is 23.8 Å². The molecule has 9 heteroatoms. The third-order valence-electron chi connectivity index (χ3n) is 7.08. The Hall–Kier alpha value is -3.62. The Kier molecular flexibility index (Phi) is 7.58. The van der Waals surface area contributed by atoms with Crippen LogP contribution in [0.1, 0.15) is 68.5 Å². The van der Waals surface area contributed by atoms with Gasteiger partial charge in [-0.05, 0) is 68.1 Å². The second-order valence-corrected chi connectivity index (χ2v) is 9.77. The van der Waals surface area contributed by atoms with Crippen LogP contribution in [0.15, 0.2) is 41.1 Å². The molecule has 3 aromatic rings. The first kappa shape index (κ1) is 25.0. The van der Waals surface area contributed by atoms with Crippen LogP contribution in [-0.2, 0) is 11.4 Å². The lowest BCUT2D eigenvalue weighted by molar-refractivity contribution is -0.137. The smallest absolute Gasteiger partial charge is 0.303 e. The Labute approximate surface area is 214 Å². The molecular weight excluding hydrogens is 479 g/mol. The molecule has 37 heavy (non-hydrogen) atoms. The number of benzene rings is 1. The van der Waals surface area contributed by atoms with Gasteiger partial charge in [-0.1, -0.05) is 23.7 Å². The van der Waals surface area contributed by atoms with Crippen LogP contribution in [0.25, 0.3) is 11.3 Å². The summed E-state index contributed by atoms with van der Waals surface area (Å²) < 4.78 is 37.9. The molecule has 2 aliphatic rings. The number of hydrogen-bond acceptors (Lipinski definition) is 7. The van der Waals surface area contributed by atoms with Gasteiger partial charge in [0.25, 0.3) is 0 Å². The van der Waals surface area contributed by atoms with E-state index < -0.39 is 11.8 Å². The molecule has 0 bridgehead atoms. The van der Waals surface area contributed by atoms with Gasteiger partial charge in [-0.2, -0.15) is 0 Å². The second kappa shape index (κ2) is 11.2. The zero-order chi connectivity index (χ0) is 25.8. The average molecular weight is 511 g/mol. The normalized spacial score (nSPS) is 16.8. The highest BCUT2D eigenvalue weighted by Gasteiger charge is 2.34. The molecule has 1 atom stereocenters. The van der Waals surface area contributed by atoms with Gasteiger partial charge in [-0.25, -0.2) is 9.37 Å². The average Bonchev–Trinajstić information content (AvgIpc) is 3.68. The molecule has 1 N–H and O–H groups in total. The third kappa shape index (κ3) is 6.03. The number of carboxylic acid groups (broad SMARTS) is 1. The second-order valence-electron chi connectivity index (χ2n) is 9.77. The summed E-state index contributed by atoms with van der Waals surface area (Å²) in [5.74, 6) is 0.360. The van der Waals surface area contributed by atoms with Gasteiger partial charge in [0.15, 0.2) is 17.3 Å². The number of hydrogen-bond donors (Lipinski definition) is 1. The highest BCUT2D eigenvalue weighted by Crippen LogP contribution is 2.45. The fourth-order valence-corrected chi connectivity index (χ4v) is 4.98. The number of pyridine rings is 1. The number of ether oxygens (including phenoxy) is 3. The third-order valence-corrected chi connectivity index (χ3v) is 7.08. The molecule has 0 radical (unpaired) electrons. The van der Waals surface area contributed by atoms with Gasteiger partial charge in [0.2, 0.25) is 11.6 Å². The lowest BCUT2D eigenvalue weighted by Crippen LogP contribution is -2.20. The zero-order valence-electron chi connectivity index (χ0n) is 20.8. The van der Waals surface area contributed by atoms with E-state index in [1.54, 1.807) is 0 Å². The Morgan fingerprint density at radius 3 is 2.73 bits per heavy atom. The summed E-state index contributed by atoms with van der Waals surface area (Å²) in [5, 5.41) is 13.5. The summed E-state index contributed by atoms with van der Waals surface area (Å²) >= 11 is 0. The molecule has 196 valence electrons. The number of aliphatic carboxylic acids is 1. The van der Waals surface area contributed by atoms with Crippen molar-refractivity contribution in [3.8, 4) is 28.7 Å². The first-order valence-electron chi connectivity index (χ1n) is 12.8. The summed E-state index contributed by atoms with van der Waals surface area (Å²) in [6, 6.07) is 8.99. The van der Waals surface area contributed by atoms with E-state index in [-0.39, 0.29) is 42.3 Å². The molecule has 2 saturated carbocycles. The van der Waals surface area contributed by atoms with Crippen LogP contribution in [0.5, 0.6) is 17.4 Å². The quantitative estimate of drug-likeness (QED) is 0.328. The van der Waals surface area contributed by atoms with Crippen molar-refractivity contribution >= 4 is 5.97 Å². The zero-order valence-corrected chi connectivity index (χ0v) is 20.8. The summed E-state index contributed by atoms with van der Waals surface area (Å²) in [4.78, 5) is 15.3. The summed E-state index contributed by atoms with van der Waals surface area (Å²) in [7, 11) is 1.46. The minimum absolute atomic E-state index is 0.0175. The molecule has 1 aromatic carbocycles. The van der Waals surface area contributed by atoms with Crippen molar-refractivity contribution < 1.29 is 33.0 Å². The van der Waals surface area contributed by atoms with Crippen molar-refractivity contribution in [3.05, 3.63) is 53.6 Å². The topological polar surface area (TPSA) is 104 Å². The van der Waals surface area contributed by atoms with Crippen LogP contribution in [0.4, 0.5) is 4.39 Å². The van der Waals surface area contributed by atoms with Gasteiger partial charge in [-0.3, -0.25) is 4.79 Å². The van der Waals surface area contributed by atoms with Crippen LogP contribution in [0.3, 0.4) is 0 Å². The van der Waals surface area contributed by atoms with Crippen molar-refractivity contribution in [2.75, 3.05) is 7.11 Å². The van der Waals surface area contributed by atoms with Gasteiger partial charge in [-0.15, -0.1) is 0 Å². The molecule has 0 spiro atoms. The van der Waals surface area contributed by atoms with Crippen molar-refractivity contribution in [2.24, 2.45) is 5.92 Å². The maximum Gasteiger partial charge on any atom is 0.303 e. The maximum absolute atomic E-state index is 14.8. The number of nitrogens with zero attached hydrogens (tertiary/aromatic N) is 2. The van der Waals surface area contributed by atoms with Crippen molar-refractivity contribution in [1.82, 2.24) is 10.1 Å². The predicted molar refractivity (Wildman–Crippen MR) is 132 cm³/mol. The van der Waals surface area contributed by atoms with Gasteiger partial charge in [0, 0.05) is 6.07 Å². The van der Waals surface area contributed by atoms with Crippen LogP contribution >= 0.6 is 0 Å². The predicted octanol–water partition coefficient (Wildman–Crippen LogP) is 6.14. The monoisotopic (exact) mass is 510 g/mol. The highest BCUT2D eigenvalue weighted by atomic mass is 19.1. The minimum atomic E-state index is -0.803. The molecule has 0 aliphatic heterocycles. The fourth-order valence-electron chi connectivity index (χ4n) is 4.98. The largest absolute Gasteiger partial charge is 0.487 e. The Morgan fingerprint density at radius 2 is 2.00 bits per heavy atom. The van der Waals surface area contributed by atoms with Crippen LogP contribution in [0, 0.1) is 11.7 Å². The van der Waals surface area contributed by atoms with E-state index in [9.17, 15) is 14.3 Å². The minimum Gasteiger partial charge on any atom is -0.487 e. The van der Waals surface area contributed by atoms with Gasteiger partial charge >= 0.3 is 5.97 Å². The summed E-state index contributed by atoms with van der Waals surface area (Å²) in [6.45, 7) is 0.0475. The van der Waals surface area contributed by atoms with Crippen LogP contribution < -0.4 is 14.2 Å². The molecule has 2 aliphatic carbocycles. The molecular formula is C28H31FN2O6. The molecule has 2 heterocycles. The van der Waals surface area contributed by atoms with E-state index in [2.05, 4.69) is 10.1 Å². The van der Waals surface area contributed by atoms with E-state index in [0.717, 1.165) is 50.3 Å². The first-order chi connectivity index (χ1) is 18.0. The Balaban J connectivity index is 1.40. The number of carboxylic acids is 1. The lowest BCUT2D eigenvalue weighted by atomic mass is 9.91. The SMILES string of the molecule is COc1cc(-c2onc(COc3cccc([C@@H](CC(=O)O)C4CC4)c3)c2OC2CCCCC2)c(F)cn1. The summed E-state index contributed by atoms with van der Waals surface area (Å²) in [6.07, 6.45) is 8.37. The molecule has 2 aromatic heterocycles. The van der Waals surface area contributed by atoms with E-state index in [1.165, 1.54) is 19.6 Å².